The Morgan fingerprint density at radius 1 is 1.40 bits per heavy atom. The zero-order chi connectivity index (χ0) is 15.1. The molecule has 0 aliphatic heterocycles. The molecule has 1 rings (SSSR count). The maximum absolute atomic E-state index is 12.0. The Labute approximate surface area is 121 Å². The predicted octanol–water partition coefficient (Wildman–Crippen LogP) is 1.59. The summed E-state index contributed by atoms with van der Waals surface area (Å²) in [5, 5.41) is 2.88. The lowest BCUT2D eigenvalue weighted by molar-refractivity contribution is 0.0948. The van der Waals surface area contributed by atoms with E-state index in [1.807, 2.05) is 19.0 Å². The normalized spacial score (nSPS) is 10.9. The molecule has 0 aromatic heterocycles. The molecule has 0 radical (unpaired) electrons. The van der Waals surface area contributed by atoms with Gasteiger partial charge < -0.3 is 20.7 Å². The standard InChI is InChI=1S/C15H25N3O2/c1-11(2)10-17-15(19)12-5-6-13(16)14(9-12)20-8-7-18(3)4/h5-6,9,11H,7-8,10,16H2,1-4H3,(H,17,19). The van der Waals surface area contributed by atoms with Gasteiger partial charge in [-0.15, -0.1) is 0 Å². The van der Waals surface area contributed by atoms with E-state index < -0.39 is 0 Å². The van der Waals surface area contributed by atoms with E-state index >= 15 is 0 Å². The molecule has 20 heavy (non-hydrogen) atoms. The van der Waals surface area contributed by atoms with Crippen LogP contribution in [0.3, 0.4) is 0 Å². The highest BCUT2D eigenvalue weighted by Crippen LogP contribution is 2.22. The molecule has 1 aromatic rings. The van der Waals surface area contributed by atoms with Crippen molar-refractivity contribution in [2.24, 2.45) is 5.92 Å². The molecular formula is C15H25N3O2. The number of nitrogens with one attached hydrogen (secondary N) is 1. The van der Waals surface area contributed by atoms with Crippen LogP contribution >= 0.6 is 0 Å². The molecule has 5 heteroatoms. The predicted molar refractivity (Wildman–Crippen MR) is 82.1 cm³/mol. The van der Waals surface area contributed by atoms with Crippen molar-refractivity contribution in [1.82, 2.24) is 10.2 Å². The van der Waals surface area contributed by atoms with Gasteiger partial charge in [-0.2, -0.15) is 0 Å². The van der Waals surface area contributed by atoms with Gasteiger partial charge in [0.1, 0.15) is 12.4 Å². The molecule has 0 atom stereocenters. The number of amides is 1. The van der Waals surface area contributed by atoms with Gasteiger partial charge in [0.2, 0.25) is 0 Å². The van der Waals surface area contributed by atoms with Crippen LogP contribution in [0.2, 0.25) is 0 Å². The minimum Gasteiger partial charge on any atom is -0.490 e. The number of rotatable bonds is 7. The maximum atomic E-state index is 12.0. The lowest BCUT2D eigenvalue weighted by Gasteiger charge is -2.14. The lowest BCUT2D eigenvalue weighted by atomic mass is 10.1. The van der Waals surface area contributed by atoms with Gasteiger partial charge in [-0.25, -0.2) is 0 Å². The number of nitrogen functional groups attached to an aromatic ring is 1. The second-order valence-corrected chi connectivity index (χ2v) is 5.51. The number of hydrogen-bond donors (Lipinski definition) is 2. The quantitative estimate of drug-likeness (QED) is 0.744. The summed E-state index contributed by atoms with van der Waals surface area (Å²) in [4.78, 5) is 14.0. The molecule has 0 saturated carbocycles. The number of carbonyl (C=O) groups excluding carboxylic acids is 1. The van der Waals surface area contributed by atoms with Crippen molar-refractivity contribution in [2.45, 2.75) is 13.8 Å². The fraction of sp³-hybridized carbons (Fsp3) is 0.533. The summed E-state index contributed by atoms with van der Waals surface area (Å²) in [5.41, 5.74) is 6.97. The van der Waals surface area contributed by atoms with Crippen LogP contribution in [0.15, 0.2) is 18.2 Å². The number of anilines is 1. The first-order valence-electron chi connectivity index (χ1n) is 6.85. The highest BCUT2D eigenvalue weighted by Gasteiger charge is 2.09. The molecule has 0 heterocycles. The first kappa shape index (κ1) is 16.3. The number of ether oxygens (including phenoxy) is 1. The number of benzene rings is 1. The minimum atomic E-state index is -0.101. The fourth-order valence-electron chi connectivity index (χ4n) is 1.54. The molecule has 0 unspecified atom stereocenters. The summed E-state index contributed by atoms with van der Waals surface area (Å²) in [6.45, 7) is 6.09. The monoisotopic (exact) mass is 279 g/mol. The van der Waals surface area contributed by atoms with E-state index in [4.69, 9.17) is 10.5 Å². The van der Waals surface area contributed by atoms with Crippen LogP contribution in [0, 0.1) is 5.92 Å². The Balaban J connectivity index is 2.67. The summed E-state index contributed by atoms with van der Waals surface area (Å²) < 4.78 is 5.62. The number of likely N-dealkylation sites (N-methyl/N-ethyl adjacent to an activating group) is 1. The van der Waals surface area contributed by atoms with Crippen LogP contribution < -0.4 is 15.8 Å². The Morgan fingerprint density at radius 3 is 2.70 bits per heavy atom. The zero-order valence-corrected chi connectivity index (χ0v) is 12.8. The van der Waals surface area contributed by atoms with Gasteiger partial charge in [0.25, 0.3) is 5.91 Å². The van der Waals surface area contributed by atoms with Crippen molar-refractivity contribution in [3.63, 3.8) is 0 Å². The molecule has 0 bridgehead atoms. The Kier molecular flexibility index (Phi) is 6.31. The van der Waals surface area contributed by atoms with E-state index in [-0.39, 0.29) is 5.91 Å². The summed E-state index contributed by atoms with van der Waals surface area (Å²) in [6, 6.07) is 5.11. The summed E-state index contributed by atoms with van der Waals surface area (Å²) >= 11 is 0. The molecule has 1 aromatic carbocycles. The number of hydrogen-bond acceptors (Lipinski definition) is 4. The topological polar surface area (TPSA) is 67.6 Å². The van der Waals surface area contributed by atoms with E-state index in [9.17, 15) is 4.79 Å². The molecule has 0 spiro atoms. The molecule has 0 saturated heterocycles. The first-order chi connectivity index (χ1) is 9.40. The van der Waals surface area contributed by atoms with Gasteiger partial charge in [0.05, 0.1) is 5.69 Å². The Bertz CT molecular complexity index is 445. The third kappa shape index (κ3) is 5.48. The molecule has 0 aliphatic rings. The van der Waals surface area contributed by atoms with Crippen molar-refractivity contribution >= 4 is 11.6 Å². The molecule has 0 aliphatic carbocycles. The number of carbonyl (C=O) groups is 1. The van der Waals surface area contributed by atoms with Crippen LogP contribution in [-0.2, 0) is 0 Å². The van der Waals surface area contributed by atoms with E-state index in [2.05, 4.69) is 19.2 Å². The molecule has 112 valence electrons. The van der Waals surface area contributed by atoms with Gasteiger partial charge in [0.15, 0.2) is 0 Å². The summed E-state index contributed by atoms with van der Waals surface area (Å²) in [5.74, 6) is 0.878. The number of nitrogens with zero attached hydrogens (tertiary/aromatic N) is 1. The average Bonchev–Trinajstić information content (AvgIpc) is 2.37. The van der Waals surface area contributed by atoms with Crippen molar-refractivity contribution in [3.05, 3.63) is 23.8 Å². The van der Waals surface area contributed by atoms with Gasteiger partial charge in [0, 0.05) is 18.7 Å². The molecule has 0 fully saturated rings. The van der Waals surface area contributed by atoms with E-state index in [1.165, 1.54) is 0 Å². The van der Waals surface area contributed by atoms with Crippen molar-refractivity contribution in [1.29, 1.82) is 0 Å². The third-order valence-electron chi connectivity index (χ3n) is 2.74. The Hall–Kier alpha value is -1.75. The summed E-state index contributed by atoms with van der Waals surface area (Å²) in [7, 11) is 3.95. The van der Waals surface area contributed by atoms with Crippen LogP contribution in [0.1, 0.15) is 24.2 Å². The van der Waals surface area contributed by atoms with Crippen LogP contribution in [-0.4, -0.2) is 44.6 Å². The molecular weight excluding hydrogens is 254 g/mol. The highest BCUT2D eigenvalue weighted by atomic mass is 16.5. The molecule has 1 amide bonds. The number of nitrogens with two attached hydrogens (primary N) is 1. The van der Waals surface area contributed by atoms with E-state index in [0.29, 0.717) is 36.1 Å². The highest BCUT2D eigenvalue weighted by molar-refractivity contribution is 5.95. The SMILES string of the molecule is CC(C)CNC(=O)c1ccc(N)c(OCCN(C)C)c1. The Morgan fingerprint density at radius 2 is 2.10 bits per heavy atom. The summed E-state index contributed by atoms with van der Waals surface area (Å²) in [6.07, 6.45) is 0. The smallest absolute Gasteiger partial charge is 0.251 e. The second-order valence-electron chi connectivity index (χ2n) is 5.51. The van der Waals surface area contributed by atoms with E-state index in [0.717, 1.165) is 6.54 Å². The van der Waals surface area contributed by atoms with Gasteiger partial charge in [-0.05, 0) is 38.2 Å². The second kappa shape index (κ2) is 7.75. The lowest BCUT2D eigenvalue weighted by Crippen LogP contribution is -2.27. The largest absolute Gasteiger partial charge is 0.490 e. The molecule has 5 nitrogen and oxygen atoms in total. The minimum absolute atomic E-state index is 0.101. The zero-order valence-electron chi connectivity index (χ0n) is 12.8. The van der Waals surface area contributed by atoms with Gasteiger partial charge >= 0.3 is 0 Å². The molecule has 3 N–H and O–H groups in total. The van der Waals surface area contributed by atoms with Crippen LogP contribution in [0.25, 0.3) is 0 Å². The fourth-order valence-corrected chi connectivity index (χ4v) is 1.54. The van der Waals surface area contributed by atoms with Crippen molar-refractivity contribution < 1.29 is 9.53 Å². The van der Waals surface area contributed by atoms with Crippen molar-refractivity contribution in [2.75, 3.05) is 39.5 Å². The van der Waals surface area contributed by atoms with E-state index in [1.54, 1.807) is 18.2 Å². The van der Waals surface area contributed by atoms with Gasteiger partial charge in [-0.3, -0.25) is 4.79 Å². The third-order valence-corrected chi connectivity index (χ3v) is 2.74. The van der Waals surface area contributed by atoms with Crippen molar-refractivity contribution in [3.8, 4) is 5.75 Å². The van der Waals surface area contributed by atoms with Crippen LogP contribution in [0.5, 0.6) is 5.75 Å². The van der Waals surface area contributed by atoms with Gasteiger partial charge in [-0.1, -0.05) is 13.8 Å². The average molecular weight is 279 g/mol. The van der Waals surface area contributed by atoms with Crippen LogP contribution in [0.4, 0.5) is 5.69 Å². The maximum Gasteiger partial charge on any atom is 0.251 e. The first-order valence-corrected chi connectivity index (χ1v) is 6.85.